The molecule has 0 radical (unpaired) electrons. The topological polar surface area (TPSA) is 101 Å². The fraction of sp³-hybridized carbons (Fsp3) is 0.154. The largest absolute Gasteiger partial charge is 0.465 e. The van der Waals surface area contributed by atoms with E-state index in [-0.39, 0.29) is 22.9 Å². The minimum atomic E-state index is -4.63. The molecule has 6 nitrogen and oxygen atoms in total. The molecule has 0 fully saturated rings. The van der Waals surface area contributed by atoms with Crippen molar-refractivity contribution in [3.63, 3.8) is 0 Å². The van der Waals surface area contributed by atoms with Crippen LogP contribution in [0, 0.1) is 10.5 Å². The van der Waals surface area contributed by atoms with Crippen LogP contribution in [0.1, 0.15) is 11.3 Å². The van der Waals surface area contributed by atoms with Gasteiger partial charge in [-0.1, -0.05) is 0 Å². The Kier molecular flexibility index (Phi) is 4.63. The fourth-order valence-corrected chi connectivity index (χ4v) is 2.45. The third kappa shape index (κ3) is 4.00. The van der Waals surface area contributed by atoms with Crippen molar-refractivity contribution in [2.75, 3.05) is 11.1 Å². The van der Waals surface area contributed by atoms with E-state index in [1.165, 1.54) is 6.07 Å². The Morgan fingerprint density at radius 2 is 1.96 bits per heavy atom. The second kappa shape index (κ2) is 6.18. The summed E-state index contributed by atoms with van der Waals surface area (Å²) in [6.07, 6.45) is -6.10. The summed E-state index contributed by atoms with van der Waals surface area (Å²) in [5.74, 6) is -0.0805. The number of anilines is 2. The predicted molar refractivity (Wildman–Crippen MR) is 86.0 cm³/mol. The number of aryl methyl sites for hydroxylation is 1. The number of carbonyl (C=O) groups is 1. The van der Waals surface area contributed by atoms with E-state index < -0.39 is 17.8 Å². The van der Waals surface area contributed by atoms with Crippen LogP contribution in [0.15, 0.2) is 18.2 Å². The van der Waals surface area contributed by atoms with E-state index in [2.05, 4.69) is 9.97 Å². The molecule has 122 valence electrons. The molecule has 0 atom stereocenters. The van der Waals surface area contributed by atoms with Crippen molar-refractivity contribution in [1.29, 1.82) is 0 Å². The van der Waals surface area contributed by atoms with Crippen LogP contribution in [0.25, 0.3) is 11.3 Å². The van der Waals surface area contributed by atoms with Crippen LogP contribution in [0.2, 0.25) is 0 Å². The van der Waals surface area contributed by atoms with Gasteiger partial charge in [0.1, 0.15) is 0 Å². The van der Waals surface area contributed by atoms with Crippen LogP contribution in [-0.4, -0.2) is 21.2 Å². The van der Waals surface area contributed by atoms with Crippen LogP contribution in [0.5, 0.6) is 0 Å². The molecule has 0 unspecified atom stereocenters. The van der Waals surface area contributed by atoms with Crippen LogP contribution >= 0.6 is 22.6 Å². The molecule has 23 heavy (non-hydrogen) atoms. The minimum absolute atomic E-state index is 0.0805. The maximum absolute atomic E-state index is 13.0. The fourth-order valence-electron chi connectivity index (χ4n) is 1.90. The lowest BCUT2D eigenvalue weighted by Crippen LogP contribution is -2.11. The van der Waals surface area contributed by atoms with E-state index in [1.807, 2.05) is 27.9 Å². The summed E-state index contributed by atoms with van der Waals surface area (Å²) in [6, 6.07) is 2.85. The molecule has 0 aliphatic rings. The number of nitrogen functional groups attached to an aromatic ring is 1. The number of halogens is 4. The zero-order valence-electron chi connectivity index (χ0n) is 11.6. The number of nitrogens with zero attached hydrogens (tertiary/aromatic N) is 2. The standard InChI is InChI=1S/C13H10F3IN4O2/c1-5-9(17)10(21-11(18)19-5)6-2-7(13(14,15)16)4-8(3-6)20-12(22)23/h2-4,20H,1H3,(H,22,23)(H2,18,19,21). The molecular formula is C13H10F3IN4O2. The molecule has 4 N–H and O–H groups in total. The lowest BCUT2D eigenvalue weighted by Gasteiger charge is -2.13. The maximum atomic E-state index is 13.0. The highest BCUT2D eigenvalue weighted by Crippen LogP contribution is 2.36. The first kappa shape index (κ1) is 17.2. The Bertz CT molecular complexity index is 781. The van der Waals surface area contributed by atoms with Crippen molar-refractivity contribution < 1.29 is 23.1 Å². The Balaban J connectivity index is 2.69. The van der Waals surface area contributed by atoms with E-state index in [9.17, 15) is 18.0 Å². The molecule has 0 aliphatic heterocycles. The summed E-state index contributed by atoms with van der Waals surface area (Å²) >= 11 is 1.90. The number of benzene rings is 1. The second-order valence-electron chi connectivity index (χ2n) is 4.56. The Morgan fingerprint density at radius 3 is 2.52 bits per heavy atom. The zero-order valence-corrected chi connectivity index (χ0v) is 13.7. The van der Waals surface area contributed by atoms with Gasteiger partial charge < -0.3 is 10.8 Å². The monoisotopic (exact) mass is 438 g/mol. The first-order valence-electron chi connectivity index (χ1n) is 6.10. The highest BCUT2D eigenvalue weighted by atomic mass is 127. The van der Waals surface area contributed by atoms with Crippen molar-refractivity contribution in [2.45, 2.75) is 13.1 Å². The maximum Gasteiger partial charge on any atom is 0.416 e. The van der Waals surface area contributed by atoms with Crippen LogP contribution in [0.4, 0.5) is 29.6 Å². The molecule has 0 aliphatic carbocycles. The second-order valence-corrected chi connectivity index (χ2v) is 5.64. The summed E-state index contributed by atoms with van der Waals surface area (Å²) in [6.45, 7) is 1.65. The third-order valence-electron chi connectivity index (χ3n) is 2.82. The number of rotatable bonds is 2. The van der Waals surface area contributed by atoms with Gasteiger partial charge in [-0.15, -0.1) is 0 Å². The normalized spacial score (nSPS) is 11.3. The Hall–Kier alpha value is -2.11. The average Bonchev–Trinajstić information content (AvgIpc) is 2.40. The van der Waals surface area contributed by atoms with Gasteiger partial charge in [-0.2, -0.15) is 13.2 Å². The highest BCUT2D eigenvalue weighted by molar-refractivity contribution is 14.1. The van der Waals surface area contributed by atoms with E-state index in [0.717, 1.165) is 6.07 Å². The molecule has 1 aromatic heterocycles. The van der Waals surface area contributed by atoms with Crippen molar-refractivity contribution in [3.05, 3.63) is 33.0 Å². The molecule has 2 rings (SSSR count). The Morgan fingerprint density at radius 1 is 1.30 bits per heavy atom. The molecule has 2 aromatic rings. The molecular weight excluding hydrogens is 428 g/mol. The van der Waals surface area contributed by atoms with Crippen molar-refractivity contribution in [2.24, 2.45) is 0 Å². The molecule has 0 bridgehead atoms. The summed E-state index contributed by atoms with van der Waals surface area (Å²) in [7, 11) is 0. The van der Waals surface area contributed by atoms with Gasteiger partial charge in [0.2, 0.25) is 5.95 Å². The molecule has 10 heteroatoms. The molecule has 1 aromatic carbocycles. The number of aromatic nitrogens is 2. The highest BCUT2D eigenvalue weighted by Gasteiger charge is 2.32. The number of nitrogens with one attached hydrogen (secondary N) is 1. The average molecular weight is 438 g/mol. The van der Waals surface area contributed by atoms with Crippen LogP contribution in [0.3, 0.4) is 0 Å². The molecule has 1 heterocycles. The van der Waals surface area contributed by atoms with E-state index in [0.29, 0.717) is 15.3 Å². The molecule has 0 saturated heterocycles. The first-order valence-corrected chi connectivity index (χ1v) is 7.18. The van der Waals surface area contributed by atoms with Gasteiger partial charge in [-0.3, -0.25) is 5.32 Å². The van der Waals surface area contributed by atoms with E-state index >= 15 is 0 Å². The quantitative estimate of drug-likeness (QED) is 0.621. The van der Waals surface area contributed by atoms with Gasteiger partial charge in [-0.05, 0) is 47.7 Å². The van der Waals surface area contributed by atoms with Gasteiger partial charge in [0.05, 0.1) is 20.5 Å². The molecule has 0 spiro atoms. The Labute approximate surface area is 142 Å². The minimum Gasteiger partial charge on any atom is -0.465 e. The van der Waals surface area contributed by atoms with E-state index in [1.54, 1.807) is 6.92 Å². The zero-order chi connectivity index (χ0) is 17.4. The number of alkyl halides is 3. The molecule has 1 amide bonds. The lowest BCUT2D eigenvalue weighted by atomic mass is 10.1. The first-order chi connectivity index (χ1) is 10.6. The van der Waals surface area contributed by atoms with Crippen molar-refractivity contribution in [3.8, 4) is 11.3 Å². The number of carboxylic acid groups (broad SMARTS) is 1. The SMILES string of the molecule is Cc1nc(N)nc(-c2cc(NC(=O)O)cc(C(F)(F)F)c2)c1I. The number of nitrogens with two attached hydrogens (primary N) is 1. The van der Waals surface area contributed by atoms with Crippen LogP contribution in [-0.2, 0) is 6.18 Å². The van der Waals surface area contributed by atoms with Gasteiger partial charge in [-0.25, -0.2) is 14.8 Å². The summed E-state index contributed by atoms with van der Waals surface area (Å²) < 4.78 is 39.6. The van der Waals surface area contributed by atoms with Gasteiger partial charge in [0.15, 0.2) is 0 Å². The number of amides is 1. The third-order valence-corrected chi connectivity index (χ3v) is 4.11. The van der Waals surface area contributed by atoms with E-state index in [4.69, 9.17) is 10.8 Å². The van der Waals surface area contributed by atoms with Crippen molar-refractivity contribution >= 4 is 40.3 Å². The summed E-state index contributed by atoms with van der Waals surface area (Å²) in [5, 5.41) is 10.6. The smallest absolute Gasteiger partial charge is 0.416 e. The number of hydrogen-bond acceptors (Lipinski definition) is 4. The molecule has 0 saturated carbocycles. The van der Waals surface area contributed by atoms with Crippen molar-refractivity contribution in [1.82, 2.24) is 9.97 Å². The van der Waals surface area contributed by atoms with Gasteiger partial charge >= 0.3 is 12.3 Å². The van der Waals surface area contributed by atoms with Gasteiger partial charge in [0.25, 0.3) is 0 Å². The summed E-state index contributed by atoms with van der Waals surface area (Å²) in [5.41, 5.74) is 5.14. The summed E-state index contributed by atoms with van der Waals surface area (Å²) in [4.78, 5) is 18.6. The lowest BCUT2D eigenvalue weighted by molar-refractivity contribution is -0.137. The van der Waals surface area contributed by atoms with Gasteiger partial charge in [0, 0.05) is 11.3 Å². The predicted octanol–water partition coefficient (Wildman–Crippen LogP) is 3.75. The van der Waals surface area contributed by atoms with Crippen LogP contribution < -0.4 is 11.1 Å². The number of hydrogen-bond donors (Lipinski definition) is 3.